The van der Waals surface area contributed by atoms with E-state index in [-0.39, 0.29) is 5.91 Å². The third-order valence-corrected chi connectivity index (χ3v) is 4.33. The minimum atomic E-state index is 0.132. The zero-order valence-electron chi connectivity index (χ0n) is 11.7. The van der Waals surface area contributed by atoms with Crippen LogP contribution in [0.4, 0.5) is 0 Å². The van der Waals surface area contributed by atoms with Crippen LogP contribution in [0.2, 0.25) is 0 Å². The maximum atomic E-state index is 12.7. The molecular formula is C16H17BrN2O. The highest BCUT2D eigenvalue weighted by atomic mass is 79.9. The van der Waals surface area contributed by atoms with Gasteiger partial charge in [-0.3, -0.25) is 9.78 Å². The number of amides is 1. The number of carbonyl (C=O) groups excluding carboxylic acids is 1. The largest absolute Gasteiger partial charge is 0.338 e. The molecule has 0 unspecified atom stereocenters. The Morgan fingerprint density at radius 2 is 2.20 bits per heavy atom. The van der Waals surface area contributed by atoms with E-state index in [0.29, 0.717) is 5.92 Å². The number of benzene rings is 1. The molecule has 2 heterocycles. The number of carbonyl (C=O) groups is 1. The highest BCUT2D eigenvalue weighted by Crippen LogP contribution is 2.25. The summed E-state index contributed by atoms with van der Waals surface area (Å²) in [6.45, 7) is 5.85. The van der Waals surface area contributed by atoms with Crippen molar-refractivity contribution in [2.24, 2.45) is 5.92 Å². The van der Waals surface area contributed by atoms with Crippen LogP contribution in [0.25, 0.3) is 10.9 Å². The van der Waals surface area contributed by atoms with Gasteiger partial charge in [0.25, 0.3) is 5.91 Å². The molecule has 3 nitrogen and oxygen atoms in total. The first kappa shape index (κ1) is 13.6. The number of aryl methyl sites for hydroxylation is 1. The Hall–Kier alpha value is -1.42. The molecule has 0 aliphatic carbocycles. The molecule has 3 rings (SSSR count). The normalized spacial score (nSPS) is 18.8. The van der Waals surface area contributed by atoms with Gasteiger partial charge in [-0.2, -0.15) is 0 Å². The van der Waals surface area contributed by atoms with Gasteiger partial charge < -0.3 is 4.90 Å². The summed E-state index contributed by atoms with van der Waals surface area (Å²) < 4.78 is 0.983. The molecule has 0 bridgehead atoms. The van der Waals surface area contributed by atoms with Crippen molar-refractivity contribution >= 4 is 32.7 Å². The van der Waals surface area contributed by atoms with Crippen molar-refractivity contribution in [3.8, 4) is 0 Å². The number of nitrogens with zero attached hydrogens (tertiary/aromatic N) is 2. The molecule has 4 heteroatoms. The molecule has 2 aromatic rings. The molecule has 1 amide bonds. The Morgan fingerprint density at radius 3 is 2.90 bits per heavy atom. The zero-order chi connectivity index (χ0) is 14.3. The molecule has 1 atom stereocenters. The summed E-state index contributed by atoms with van der Waals surface area (Å²) in [6, 6.07) is 7.80. The molecule has 1 aromatic carbocycles. The first-order valence-corrected chi connectivity index (χ1v) is 7.70. The van der Waals surface area contributed by atoms with E-state index in [1.165, 1.54) is 0 Å². The fourth-order valence-corrected chi connectivity index (χ4v) is 3.15. The Labute approximate surface area is 127 Å². The average Bonchev–Trinajstić information content (AvgIpc) is 2.83. The number of fused-ring (bicyclic) bond motifs is 1. The number of hydrogen-bond acceptors (Lipinski definition) is 2. The lowest BCUT2D eigenvalue weighted by molar-refractivity contribution is 0.0790. The van der Waals surface area contributed by atoms with Gasteiger partial charge in [0.15, 0.2) is 0 Å². The molecule has 0 N–H and O–H groups in total. The molecule has 1 aliphatic heterocycles. The van der Waals surface area contributed by atoms with Gasteiger partial charge in [0.2, 0.25) is 0 Å². The van der Waals surface area contributed by atoms with Gasteiger partial charge in [-0.1, -0.05) is 28.9 Å². The van der Waals surface area contributed by atoms with Crippen LogP contribution in [-0.2, 0) is 0 Å². The molecule has 1 fully saturated rings. The van der Waals surface area contributed by atoms with Crippen LogP contribution < -0.4 is 0 Å². The number of hydrogen-bond donors (Lipinski definition) is 0. The summed E-state index contributed by atoms with van der Waals surface area (Å²) in [5.74, 6) is 0.731. The fourth-order valence-electron chi connectivity index (χ4n) is 2.80. The van der Waals surface area contributed by atoms with Crippen LogP contribution in [0, 0.1) is 12.8 Å². The SMILES string of the molecule is Cc1cc(C(=O)N2CC[C@@H](C)C2)c2ccc(Br)cc2n1. The second-order valence-corrected chi connectivity index (χ2v) is 6.53. The highest BCUT2D eigenvalue weighted by molar-refractivity contribution is 9.10. The van der Waals surface area contributed by atoms with Crippen molar-refractivity contribution in [3.63, 3.8) is 0 Å². The molecule has 1 saturated heterocycles. The second-order valence-electron chi connectivity index (χ2n) is 5.62. The quantitative estimate of drug-likeness (QED) is 0.796. The molecular weight excluding hydrogens is 316 g/mol. The van der Waals surface area contributed by atoms with E-state index in [1.54, 1.807) is 0 Å². The molecule has 0 spiro atoms. The van der Waals surface area contributed by atoms with Crippen molar-refractivity contribution in [1.82, 2.24) is 9.88 Å². The first-order chi connectivity index (χ1) is 9.54. The van der Waals surface area contributed by atoms with E-state index in [0.717, 1.165) is 46.1 Å². The van der Waals surface area contributed by atoms with Crippen molar-refractivity contribution in [3.05, 3.63) is 40.0 Å². The second kappa shape index (κ2) is 5.17. The summed E-state index contributed by atoms with van der Waals surface area (Å²) in [7, 11) is 0. The number of rotatable bonds is 1. The third kappa shape index (κ3) is 2.44. The van der Waals surface area contributed by atoms with Gasteiger partial charge in [-0.15, -0.1) is 0 Å². The zero-order valence-corrected chi connectivity index (χ0v) is 13.3. The van der Waals surface area contributed by atoms with Gasteiger partial charge in [0.1, 0.15) is 0 Å². The van der Waals surface area contributed by atoms with Crippen molar-refractivity contribution in [1.29, 1.82) is 0 Å². The van der Waals surface area contributed by atoms with Crippen LogP contribution >= 0.6 is 15.9 Å². The summed E-state index contributed by atoms with van der Waals surface area (Å²) in [5.41, 5.74) is 2.52. The highest BCUT2D eigenvalue weighted by Gasteiger charge is 2.25. The summed E-state index contributed by atoms with van der Waals surface area (Å²) in [5, 5.41) is 0.934. The fraction of sp³-hybridized carbons (Fsp3) is 0.375. The maximum Gasteiger partial charge on any atom is 0.254 e. The number of likely N-dealkylation sites (tertiary alicyclic amines) is 1. The lowest BCUT2D eigenvalue weighted by Gasteiger charge is -2.17. The summed E-state index contributed by atoms with van der Waals surface area (Å²) >= 11 is 3.46. The molecule has 0 radical (unpaired) electrons. The predicted molar refractivity (Wildman–Crippen MR) is 83.9 cm³/mol. The van der Waals surface area contributed by atoms with Crippen LogP contribution in [0.5, 0.6) is 0 Å². The average molecular weight is 333 g/mol. The number of pyridine rings is 1. The maximum absolute atomic E-state index is 12.7. The van der Waals surface area contributed by atoms with E-state index in [1.807, 2.05) is 36.1 Å². The predicted octanol–water partition coefficient (Wildman–Crippen LogP) is 3.79. The molecule has 1 aromatic heterocycles. The van der Waals surface area contributed by atoms with Gasteiger partial charge >= 0.3 is 0 Å². The topological polar surface area (TPSA) is 33.2 Å². The number of halogens is 1. The van der Waals surface area contributed by atoms with Crippen LogP contribution in [0.3, 0.4) is 0 Å². The standard InChI is InChI=1S/C16H17BrN2O/c1-10-5-6-19(9-10)16(20)14-7-11(2)18-15-8-12(17)3-4-13(14)15/h3-4,7-8,10H,5-6,9H2,1-2H3/t10-/m1/s1. The first-order valence-electron chi connectivity index (χ1n) is 6.91. The number of aromatic nitrogens is 1. The molecule has 104 valence electrons. The van der Waals surface area contributed by atoms with E-state index >= 15 is 0 Å². The van der Waals surface area contributed by atoms with E-state index in [4.69, 9.17) is 0 Å². The van der Waals surface area contributed by atoms with Gasteiger partial charge in [-0.25, -0.2) is 0 Å². The summed E-state index contributed by atoms with van der Waals surface area (Å²) in [6.07, 6.45) is 1.10. The van der Waals surface area contributed by atoms with E-state index in [9.17, 15) is 4.79 Å². The van der Waals surface area contributed by atoms with Crippen LogP contribution in [0.15, 0.2) is 28.7 Å². The Kier molecular flexibility index (Phi) is 3.50. The van der Waals surface area contributed by atoms with Crippen LogP contribution in [-0.4, -0.2) is 28.9 Å². The lowest BCUT2D eigenvalue weighted by atomic mass is 10.1. The summed E-state index contributed by atoms with van der Waals surface area (Å²) in [4.78, 5) is 19.2. The molecule has 20 heavy (non-hydrogen) atoms. The van der Waals surface area contributed by atoms with E-state index < -0.39 is 0 Å². The lowest BCUT2D eigenvalue weighted by Crippen LogP contribution is -2.28. The van der Waals surface area contributed by atoms with Crippen molar-refractivity contribution in [2.75, 3.05) is 13.1 Å². The van der Waals surface area contributed by atoms with Crippen molar-refractivity contribution in [2.45, 2.75) is 20.3 Å². The third-order valence-electron chi connectivity index (χ3n) is 3.84. The smallest absolute Gasteiger partial charge is 0.254 e. The molecule has 0 saturated carbocycles. The van der Waals surface area contributed by atoms with Gasteiger partial charge in [-0.05, 0) is 37.5 Å². The Bertz CT molecular complexity index is 678. The Morgan fingerprint density at radius 1 is 1.40 bits per heavy atom. The monoisotopic (exact) mass is 332 g/mol. The minimum Gasteiger partial charge on any atom is -0.338 e. The van der Waals surface area contributed by atoms with Gasteiger partial charge in [0, 0.05) is 28.6 Å². The minimum absolute atomic E-state index is 0.132. The van der Waals surface area contributed by atoms with Crippen molar-refractivity contribution < 1.29 is 4.79 Å². The van der Waals surface area contributed by atoms with E-state index in [2.05, 4.69) is 27.8 Å². The van der Waals surface area contributed by atoms with Crippen LogP contribution in [0.1, 0.15) is 29.4 Å². The Balaban J connectivity index is 2.08. The van der Waals surface area contributed by atoms with Gasteiger partial charge in [0.05, 0.1) is 11.1 Å². The molecule has 1 aliphatic rings.